The van der Waals surface area contributed by atoms with Gasteiger partial charge in [0, 0.05) is 19.7 Å². The van der Waals surface area contributed by atoms with E-state index in [0.29, 0.717) is 0 Å². The molecule has 0 aliphatic heterocycles. The standard InChI is InChI=1S/C13H15FN2O4S/c1-16(2)13(18)9-15-21(19,20)12-6-5-10(4-3-7-17)8-11(12)14/h5-6,8,15,17H,7,9H2,1-2H3. The number of rotatable bonds is 4. The molecule has 0 saturated carbocycles. The number of nitrogens with one attached hydrogen (secondary N) is 1. The first-order chi connectivity index (χ1) is 9.77. The molecule has 0 aromatic heterocycles. The lowest BCUT2D eigenvalue weighted by Gasteiger charge is -2.11. The van der Waals surface area contributed by atoms with Gasteiger partial charge in [0.05, 0.1) is 6.54 Å². The smallest absolute Gasteiger partial charge is 0.243 e. The number of carbonyl (C=O) groups excluding carboxylic acids is 1. The molecule has 114 valence electrons. The molecule has 1 amide bonds. The Kier molecular flexibility index (Phi) is 5.84. The van der Waals surface area contributed by atoms with E-state index in [1.807, 2.05) is 4.72 Å². The summed E-state index contributed by atoms with van der Waals surface area (Å²) in [6.45, 7) is -0.837. The van der Waals surface area contributed by atoms with Crippen LogP contribution in [0.1, 0.15) is 5.56 Å². The zero-order chi connectivity index (χ0) is 16.0. The molecule has 1 aromatic rings. The van der Waals surface area contributed by atoms with E-state index in [1.54, 1.807) is 0 Å². The molecule has 0 bridgehead atoms. The van der Waals surface area contributed by atoms with E-state index >= 15 is 0 Å². The van der Waals surface area contributed by atoms with Crippen molar-refractivity contribution in [3.05, 3.63) is 29.6 Å². The first-order valence-corrected chi connectivity index (χ1v) is 7.35. The fraction of sp³-hybridized carbons (Fsp3) is 0.308. The van der Waals surface area contributed by atoms with Crippen molar-refractivity contribution in [3.63, 3.8) is 0 Å². The van der Waals surface area contributed by atoms with Crippen molar-refractivity contribution in [1.29, 1.82) is 0 Å². The molecule has 0 saturated heterocycles. The number of nitrogens with zero attached hydrogens (tertiary/aromatic N) is 1. The number of benzene rings is 1. The van der Waals surface area contributed by atoms with Crippen LogP contribution in [0.15, 0.2) is 23.1 Å². The highest BCUT2D eigenvalue weighted by Crippen LogP contribution is 2.15. The number of hydrogen-bond donors (Lipinski definition) is 2. The van der Waals surface area contributed by atoms with Crippen LogP contribution in [0.25, 0.3) is 0 Å². The second-order valence-electron chi connectivity index (χ2n) is 4.22. The summed E-state index contributed by atoms with van der Waals surface area (Å²) in [6, 6.07) is 3.32. The minimum atomic E-state index is -4.13. The van der Waals surface area contributed by atoms with Gasteiger partial charge in [-0.05, 0) is 18.2 Å². The third-order valence-corrected chi connectivity index (χ3v) is 3.88. The van der Waals surface area contributed by atoms with Gasteiger partial charge >= 0.3 is 0 Å². The molecule has 0 radical (unpaired) electrons. The average Bonchev–Trinajstić information content (AvgIpc) is 2.42. The molecule has 8 heteroatoms. The normalized spacial score (nSPS) is 10.7. The fourth-order valence-electron chi connectivity index (χ4n) is 1.33. The van der Waals surface area contributed by atoms with Crippen LogP contribution in [0.4, 0.5) is 4.39 Å². The van der Waals surface area contributed by atoms with E-state index in [0.717, 1.165) is 12.1 Å². The number of aliphatic hydroxyl groups excluding tert-OH is 1. The SMILES string of the molecule is CN(C)C(=O)CNS(=O)(=O)c1ccc(C#CCO)cc1F. The summed E-state index contributed by atoms with van der Waals surface area (Å²) in [4.78, 5) is 12.0. The van der Waals surface area contributed by atoms with Crippen LogP contribution in [0, 0.1) is 17.7 Å². The molecule has 0 aliphatic rings. The highest BCUT2D eigenvalue weighted by molar-refractivity contribution is 7.89. The predicted molar refractivity (Wildman–Crippen MR) is 74.2 cm³/mol. The molecule has 0 atom stereocenters. The molecular weight excluding hydrogens is 299 g/mol. The maximum atomic E-state index is 13.8. The van der Waals surface area contributed by atoms with Crippen molar-refractivity contribution in [2.45, 2.75) is 4.90 Å². The summed E-state index contributed by atoms with van der Waals surface area (Å²) in [6.07, 6.45) is 0. The van der Waals surface area contributed by atoms with Crippen LogP contribution in [0.3, 0.4) is 0 Å². The maximum absolute atomic E-state index is 13.8. The van der Waals surface area contributed by atoms with Crippen LogP contribution in [0.5, 0.6) is 0 Å². The van der Waals surface area contributed by atoms with Gasteiger partial charge in [0.25, 0.3) is 0 Å². The molecular formula is C13H15FN2O4S. The van der Waals surface area contributed by atoms with Gasteiger partial charge in [-0.3, -0.25) is 4.79 Å². The Morgan fingerprint density at radius 1 is 1.43 bits per heavy atom. The molecule has 21 heavy (non-hydrogen) atoms. The van der Waals surface area contributed by atoms with E-state index in [2.05, 4.69) is 11.8 Å². The largest absolute Gasteiger partial charge is 0.384 e. The van der Waals surface area contributed by atoms with E-state index in [1.165, 1.54) is 25.1 Å². The van der Waals surface area contributed by atoms with Crippen molar-refractivity contribution >= 4 is 15.9 Å². The Labute approximate surface area is 122 Å². The first kappa shape index (κ1) is 17.1. The van der Waals surface area contributed by atoms with Crippen LogP contribution >= 0.6 is 0 Å². The molecule has 2 N–H and O–H groups in total. The number of halogens is 1. The molecule has 0 heterocycles. The van der Waals surface area contributed by atoms with Gasteiger partial charge < -0.3 is 10.0 Å². The molecule has 1 aromatic carbocycles. The number of hydrogen-bond acceptors (Lipinski definition) is 4. The van der Waals surface area contributed by atoms with Crippen molar-refractivity contribution < 1.29 is 22.7 Å². The Hall–Kier alpha value is -1.95. The Morgan fingerprint density at radius 3 is 2.62 bits per heavy atom. The second kappa shape index (κ2) is 7.17. The summed E-state index contributed by atoms with van der Waals surface area (Å²) in [5, 5.41) is 8.54. The van der Waals surface area contributed by atoms with Crippen LogP contribution in [-0.4, -0.2) is 51.6 Å². The van der Waals surface area contributed by atoms with Crippen molar-refractivity contribution in [3.8, 4) is 11.8 Å². The molecule has 0 unspecified atom stereocenters. The number of likely N-dealkylation sites (N-methyl/N-ethyl adjacent to an activating group) is 1. The first-order valence-electron chi connectivity index (χ1n) is 5.87. The summed E-state index contributed by atoms with van der Waals surface area (Å²) in [7, 11) is -1.17. The minimum Gasteiger partial charge on any atom is -0.384 e. The summed E-state index contributed by atoms with van der Waals surface area (Å²) in [5.41, 5.74) is 0.241. The maximum Gasteiger partial charge on any atom is 0.243 e. The van der Waals surface area contributed by atoms with E-state index in [4.69, 9.17) is 5.11 Å². The quantitative estimate of drug-likeness (QED) is 0.736. The van der Waals surface area contributed by atoms with Gasteiger partial charge in [0.2, 0.25) is 15.9 Å². The Balaban J connectivity index is 2.96. The molecule has 0 spiro atoms. The average molecular weight is 314 g/mol. The van der Waals surface area contributed by atoms with E-state index in [-0.39, 0.29) is 12.2 Å². The molecule has 0 aliphatic carbocycles. The van der Waals surface area contributed by atoms with Gasteiger partial charge in [-0.15, -0.1) is 0 Å². The highest BCUT2D eigenvalue weighted by Gasteiger charge is 2.20. The monoisotopic (exact) mass is 314 g/mol. The lowest BCUT2D eigenvalue weighted by Crippen LogP contribution is -2.36. The minimum absolute atomic E-state index is 0.241. The highest BCUT2D eigenvalue weighted by atomic mass is 32.2. The van der Waals surface area contributed by atoms with Crippen LogP contribution < -0.4 is 4.72 Å². The number of carbonyl (C=O) groups is 1. The fourth-order valence-corrected chi connectivity index (χ4v) is 2.36. The summed E-state index contributed by atoms with van der Waals surface area (Å²) >= 11 is 0. The van der Waals surface area contributed by atoms with Crippen molar-refractivity contribution in [1.82, 2.24) is 9.62 Å². The lowest BCUT2D eigenvalue weighted by atomic mass is 10.2. The molecule has 1 rings (SSSR count). The number of amides is 1. The second-order valence-corrected chi connectivity index (χ2v) is 5.95. The van der Waals surface area contributed by atoms with Crippen molar-refractivity contribution in [2.75, 3.05) is 27.2 Å². The van der Waals surface area contributed by atoms with Gasteiger partial charge in [-0.2, -0.15) is 0 Å². The zero-order valence-corrected chi connectivity index (χ0v) is 12.4. The topological polar surface area (TPSA) is 86.7 Å². The van der Waals surface area contributed by atoms with Crippen molar-refractivity contribution in [2.24, 2.45) is 0 Å². The van der Waals surface area contributed by atoms with Gasteiger partial charge in [0.1, 0.15) is 17.3 Å². The Morgan fingerprint density at radius 2 is 2.10 bits per heavy atom. The van der Waals surface area contributed by atoms with Gasteiger partial charge in [-0.1, -0.05) is 11.8 Å². The lowest BCUT2D eigenvalue weighted by molar-refractivity contribution is -0.127. The number of aliphatic hydroxyl groups is 1. The van der Waals surface area contributed by atoms with Gasteiger partial charge in [-0.25, -0.2) is 17.5 Å². The van der Waals surface area contributed by atoms with Crippen LogP contribution in [-0.2, 0) is 14.8 Å². The zero-order valence-electron chi connectivity index (χ0n) is 11.6. The third kappa shape index (κ3) is 4.82. The third-order valence-electron chi connectivity index (χ3n) is 2.45. The van der Waals surface area contributed by atoms with E-state index in [9.17, 15) is 17.6 Å². The summed E-state index contributed by atoms with van der Waals surface area (Å²) < 4.78 is 39.7. The molecule has 0 fully saturated rings. The number of sulfonamides is 1. The molecule has 6 nitrogen and oxygen atoms in total. The predicted octanol–water partition coefficient (Wildman–Crippen LogP) is -0.464. The Bertz CT molecular complexity index is 690. The van der Waals surface area contributed by atoms with Crippen LogP contribution in [0.2, 0.25) is 0 Å². The van der Waals surface area contributed by atoms with Gasteiger partial charge in [0.15, 0.2) is 0 Å². The van der Waals surface area contributed by atoms with E-state index < -0.39 is 33.2 Å². The summed E-state index contributed by atoms with van der Waals surface area (Å²) in [5.74, 6) is 3.35.